The van der Waals surface area contributed by atoms with Gasteiger partial charge < -0.3 is 11.5 Å². The van der Waals surface area contributed by atoms with Crippen LogP contribution in [0.15, 0.2) is 17.0 Å². The van der Waals surface area contributed by atoms with E-state index in [0.29, 0.717) is 24.1 Å². The van der Waals surface area contributed by atoms with E-state index in [2.05, 4.69) is 0 Å². The van der Waals surface area contributed by atoms with E-state index in [-0.39, 0.29) is 11.4 Å². The molecule has 20 heavy (non-hydrogen) atoms. The molecule has 0 aliphatic carbocycles. The first-order chi connectivity index (χ1) is 9.23. The van der Waals surface area contributed by atoms with Crippen molar-refractivity contribution in [3.05, 3.63) is 23.3 Å². The van der Waals surface area contributed by atoms with Crippen molar-refractivity contribution in [1.82, 2.24) is 4.31 Å². The Hall–Kier alpha value is -1.60. The molecule has 1 aromatic carbocycles. The number of rotatable bonds is 6. The largest absolute Gasteiger partial charge is 0.398 e. The zero-order valence-electron chi connectivity index (χ0n) is 12.0. The van der Waals surface area contributed by atoms with Gasteiger partial charge in [-0.1, -0.05) is 13.8 Å². The molecule has 0 aliphatic heterocycles. The molecule has 0 aliphatic rings. The van der Waals surface area contributed by atoms with E-state index in [0.717, 1.165) is 9.87 Å². The number of aryl methyl sites for hydroxylation is 1. The van der Waals surface area contributed by atoms with E-state index in [9.17, 15) is 13.2 Å². The Balaban J connectivity index is 3.43. The van der Waals surface area contributed by atoms with E-state index in [1.165, 1.54) is 7.05 Å². The number of nitrogen functional groups attached to an aromatic ring is 1. The van der Waals surface area contributed by atoms with Crippen LogP contribution in [0.1, 0.15) is 25.0 Å². The molecular formula is C13H21N3O3S. The van der Waals surface area contributed by atoms with E-state index < -0.39 is 15.9 Å². The molecule has 0 fully saturated rings. The van der Waals surface area contributed by atoms with Crippen molar-refractivity contribution in [1.29, 1.82) is 0 Å². The molecule has 4 N–H and O–H groups in total. The summed E-state index contributed by atoms with van der Waals surface area (Å²) in [5.74, 6) is -0.700. The second kappa shape index (κ2) is 6.23. The highest BCUT2D eigenvalue weighted by Crippen LogP contribution is 2.27. The number of benzene rings is 1. The number of sulfonamides is 1. The van der Waals surface area contributed by atoms with Crippen molar-refractivity contribution < 1.29 is 13.2 Å². The molecule has 0 bridgehead atoms. The molecule has 0 spiro atoms. The molecule has 6 nitrogen and oxygen atoms in total. The first kappa shape index (κ1) is 16.5. The zero-order chi connectivity index (χ0) is 15.5. The average Bonchev–Trinajstić information content (AvgIpc) is 2.36. The monoisotopic (exact) mass is 299 g/mol. The Morgan fingerprint density at radius 1 is 1.25 bits per heavy atom. The van der Waals surface area contributed by atoms with Crippen molar-refractivity contribution in [2.24, 2.45) is 5.73 Å². The van der Waals surface area contributed by atoms with Crippen molar-refractivity contribution in [3.63, 3.8) is 0 Å². The van der Waals surface area contributed by atoms with E-state index in [4.69, 9.17) is 11.5 Å². The quantitative estimate of drug-likeness (QED) is 0.746. The molecule has 1 rings (SSSR count). The van der Waals surface area contributed by atoms with Gasteiger partial charge in [-0.15, -0.1) is 0 Å². The van der Waals surface area contributed by atoms with Gasteiger partial charge in [0, 0.05) is 12.7 Å². The van der Waals surface area contributed by atoms with Crippen LogP contribution in [0.3, 0.4) is 0 Å². The van der Waals surface area contributed by atoms with Gasteiger partial charge in [-0.05, 0) is 36.1 Å². The summed E-state index contributed by atoms with van der Waals surface area (Å²) in [4.78, 5) is 11.1. The molecule has 7 heteroatoms. The fourth-order valence-corrected chi connectivity index (χ4v) is 3.52. The highest BCUT2D eigenvalue weighted by atomic mass is 32.2. The van der Waals surface area contributed by atoms with Crippen molar-refractivity contribution >= 4 is 21.6 Å². The highest BCUT2D eigenvalue weighted by molar-refractivity contribution is 7.89. The summed E-state index contributed by atoms with van der Waals surface area (Å²) in [5, 5.41) is 0. The van der Waals surface area contributed by atoms with Crippen molar-refractivity contribution in [3.8, 4) is 0 Å². The van der Waals surface area contributed by atoms with Gasteiger partial charge in [0.15, 0.2) is 0 Å². The number of anilines is 1. The standard InChI is InChI=1S/C13H21N3O3S/c1-4-9-6-11(14)10(5-2)12(7-9)20(18,19)16(3)8-13(15)17/h6-7H,4-5,8,14H2,1-3H3,(H2,15,17). The normalized spacial score (nSPS) is 11.8. The third-order valence-electron chi connectivity index (χ3n) is 3.13. The van der Waals surface area contributed by atoms with Crippen LogP contribution in [-0.4, -0.2) is 32.2 Å². The lowest BCUT2D eigenvalue weighted by atomic mass is 10.1. The van der Waals surface area contributed by atoms with Gasteiger partial charge in [0.2, 0.25) is 15.9 Å². The van der Waals surface area contributed by atoms with Crippen LogP contribution in [0.4, 0.5) is 5.69 Å². The Morgan fingerprint density at radius 2 is 1.85 bits per heavy atom. The summed E-state index contributed by atoms with van der Waals surface area (Å²) < 4.78 is 26.0. The molecule has 0 radical (unpaired) electrons. The average molecular weight is 299 g/mol. The summed E-state index contributed by atoms with van der Waals surface area (Å²) in [6.07, 6.45) is 1.17. The molecule has 1 amide bonds. The Kier molecular flexibility index (Phi) is 5.13. The third-order valence-corrected chi connectivity index (χ3v) is 5.00. The molecule has 0 saturated carbocycles. The van der Waals surface area contributed by atoms with Crippen molar-refractivity contribution in [2.75, 3.05) is 19.3 Å². The highest BCUT2D eigenvalue weighted by Gasteiger charge is 2.26. The van der Waals surface area contributed by atoms with E-state index in [1.807, 2.05) is 13.8 Å². The molecule has 0 saturated heterocycles. The summed E-state index contributed by atoms with van der Waals surface area (Å²) >= 11 is 0. The second-order valence-electron chi connectivity index (χ2n) is 4.60. The number of likely N-dealkylation sites (N-methyl/N-ethyl adjacent to an activating group) is 1. The van der Waals surface area contributed by atoms with Crippen LogP contribution >= 0.6 is 0 Å². The van der Waals surface area contributed by atoms with Gasteiger partial charge in [0.1, 0.15) is 0 Å². The van der Waals surface area contributed by atoms with Crippen LogP contribution in [0.5, 0.6) is 0 Å². The van der Waals surface area contributed by atoms with E-state index in [1.54, 1.807) is 12.1 Å². The van der Waals surface area contributed by atoms with Gasteiger partial charge in [0.25, 0.3) is 0 Å². The minimum Gasteiger partial charge on any atom is -0.398 e. The lowest BCUT2D eigenvalue weighted by Gasteiger charge is -2.19. The van der Waals surface area contributed by atoms with Crippen LogP contribution in [0, 0.1) is 0 Å². The number of nitrogens with zero attached hydrogens (tertiary/aromatic N) is 1. The third kappa shape index (κ3) is 3.29. The fourth-order valence-electron chi connectivity index (χ4n) is 2.01. The number of nitrogens with two attached hydrogens (primary N) is 2. The predicted octanol–water partition coefficient (Wildman–Crippen LogP) is 0.499. The molecule has 0 heterocycles. The molecule has 0 atom stereocenters. The Bertz CT molecular complexity index is 612. The van der Waals surface area contributed by atoms with Gasteiger partial charge in [-0.25, -0.2) is 8.42 Å². The number of hydrogen-bond acceptors (Lipinski definition) is 4. The molecule has 112 valence electrons. The van der Waals surface area contributed by atoms with Gasteiger partial charge in [0.05, 0.1) is 11.4 Å². The first-order valence-electron chi connectivity index (χ1n) is 6.39. The summed E-state index contributed by atoms with van der Waals surface area (Å²) in [6.45, 7) is 3.40. The summed E-state index contributed by atoms with van der Waals surface area (Å²) in [5.41, 5.74) is 12.8. The topological polar surface area (TPSA) is 106 Å². The molecular weight excluding hydrogens is 278 g/mol. The smallest absolute Gasteiger partial charge is 0.243 e. The van der Waals surface area contributed by atoms with Crippen LogP contribution < -0.4 is 11.5 Å². The maximum atomic E-state index is 12.5. The van der Waals surface area contributed by atoms with Gasteiger partial charge in [-0.3, -0.25) is 4.79 Å². The summed E-state index contributed by atoms with van der Waals surface area (Å²) in [7, 11) is -2.45. The number of primary amides is 1. The van der Waals surface area contributed by atoms with Crippen LogP contribution in [0.25, 0.3) is 0 Å². The number of carbonyl (C=O) groups excluding carboxylic acids is 1. The number of hydrogen-bond donors (Lipinski definition) is 2. The minimum absolute atomic E-state index is 0.153. The SMILES string of the molecule is CCc1cc(N)c(CC)c(S(=O)(=O)N(C)CC(N)=O)c1. The van der Waals surface area contributed by atoms with E-state index >= 15 is 0 Å². The predicted molar refractivity (Wildman–Crippen MR) is 78.6 cm³/mol. The Labute approximate surface area is 119 Å². The number of amides is 1. The first-order valence-corrected chi connectivity index (χ1v) is 7.83. The van der Waals surface area contributed by atoms with Gasteiger partial charge >= 0.3 is 0 Å². The van der Waals surface area contributed by atoms with Crippen LogP contribution in [0.2, 0.25) is 0 Å². The lowest BCUT2D eigenvalue weighted by molar-refractivity contribution is -0.118. The molecule has 0 aromatic heterocycles. The van der Waals surface area contributed by atoms with Crippen LogP contribution in [-0.2, 0) is 27.7 Å². The molecule has 0 unspecified atom stereocenters. The minimum atomic E-state index is -3.78. The Morgan fingerprint density at radius 3 is 2.30 bits per heavy atom. The lowest BCUT2D eigenvalue weighted by Crippen LogP contribution is -2.35. The summed E-state index contributed by atoms with van der Waals surface area (Å²) in [6, 6.07) is 3.40. The van der Waals surface area contributed by atoms with Crippen molar-refractivity contribution in [2.45, 2.75) is 31.6 Å². The second-order valence-corrected chi connectivity index (χ2v) is 6.61. The fraction of sp³-hybridized carbons (Fsp3) is 0.462. The molecule has 1 aromatic rings. The number of carbonyl (C=O) groups is 1. The van der Waals surface area contributed by atoms with Gasteiger partial charge in [-0.2, -0.15) is 4.31 Å². The maximum Gasteiger partial charge on any atom is 0.243 e. The zero-order valence-corrected chi connectivity index (χ0v) is 12.8. The maximum absolute atomic E-state index is 12.5.